The third-order valence-corrected chi connectivity index (χ3v) is 4.39. The van der Waals surface area contributed by atoms with Crippen molar-refractivity contribution in [3.8, 4) is 5.82 Å². The van der Waals surface area contributed by atoms with Crippen molar-refractivity contribution in [2.75, 3.05) is 5.73 Å². The lowest BCUT2D eigenvalue weighted by molar-refractivity contribution is 0.0936. The van der Waals surface area contributed by atoms with Gasteiger partial charge in [-0.05, 0) is 5.56 Å². The Bertz CT molecular complexity index is 966. The normalized spacial score (nSPS) is 21.4. The quantitative estimate of drug-likeness (QED) is 0.719. The van der Waals surface area contributed by atoms with E-state index in [1.54, 1.807) is 30.3 Å². The van der Waals surface area contributed by atoms with Gasteiger partial charge in [0.05, 0.1) is 18.4 Å². The highest BCUT2D eigenvalue weighted by Crippen LogP contribution is 2.49. The Morgan fingerprint density at radius 1 is 1.27 bits per heavy atom. The second-order valence-electron chi connectivity index (χ2n) is 5.85. The molecule has 3 aromatic rings. The van der Waals surface area contributed by atoms with Gasteiger partial charge in [-0.3, -0.25) is 4.79 Å². The largest absolute Gasteiger partial charge is 0.382 e. The van der Waals surface area contributed by atoms with E-state index >= 15 is 0 Å². The number of anilines is 1. The van der Waals surface area contributed by atoms with Crippen molar-refractivity contribution in [2.45, 2.75) is 18.1 Å². The van der Waals surface area contributed by atoms with Crippen LogP contribution in [0, 0.1) is 0 Å². The lowest BCUT2D eigenvalue weighted by atomic mass is 10.1. The average Bonchev–Trinajstić information content (AvgIpc) is 3.06. The van der Waals surface area contributed by atoms with Crippen LogP contribution in [0.2, 0.25) is 5.15 Å². The number of benzene rings is 1. The molecule has 0 unspecified atom stereocenters. The van der Waals surface area contributed by atoms with E-state index in [4.69, 9.17) is 17.3 Å². The molecule has 132 valence electrons. The third kappa shape index (κ3) is 2.76. The van der Waals surface area contributed by atoms with E-state index in [2.05, 4.69) is 25.5 Å². The maximum absolute atomic E-state index is 14.9. The van der Waals surface area contributed by atoms with Crippen molar-refractivity contribution >= 4 is 23.3 Å². The molecule has 1 amide bonds. The molecule has 1 saturated carbocycles. The zero-order valence-electron chi connectivity index (χ0n) is 13.3. The van der Waals surface area contributed by atoms with E-state index < -0.39 is 17.6 Å². The summed E-state index contributed by atoms with van der Waals surface area (Å²) in [7, 11) is 0. The molecule has 8 nitrogen and oxygen atoms in total. The third-order valence-electron chi connectivity index (χ3n) is 4.14. The summed E-state index contributed by atoms with van der Waals surface area (Å²) in [5.41, 5.74) is 4.56. The van der Waals surface area contributed by atoms with E-state index in [-0.39, 0.29) is 28.9 Å². The topological polar surface area (TPSA) is 112 Å². The molecule has 0 saturated heterocycles. The number of carbonyl (C=O) groups excluding carboxylic acids is 1. The standard InChI is InChI=1S/C16H13ClFN7O/c17-12-14(25-20-6-7-21-25)24-13(19)11(23-12)15(26)22-10-8-16(10,18)9-4-2-1-3-5-9/h1-7,10H,8H2,(H2,19,24)(H,22,26)/t10-,16-/m1/s1. The number of hydrogen-bond donors (Lipinski definition) is 2. The van der Waals surface area contributed by atoms with Gasteiger partial charge in [0, 0.05) is 6.42 Å². The van der Waals surface area contributed by atoms with E-state index in [9.17, 15) is 9.18 Å². The molecule has 1 aliphatic rings. The summed E-state index contributed by atoms with van der Waals surface area (Å²) in [6.45, 7) is 0. The van der Waals surface area contributed by atoms with Crippen LogP contribution >= 0.6 is 11.6 Å². The van der Waals surface area contributed by atoms with E-state index in [0.29, 0.717) is 5.56 Å². The highest BCUT2D eigenvalue weighted by atomic mass is 35.5. The first-order valence-electron chi connectivity index (χ1n) is 7.74. The molecule has 1 fully saturated rings. The van der Waals surface area contributed by atoms with Crippen LogP contribution in [0.15, 0.2) is 42.7 Å². The van der Waals surface area contributed by atoms with Crippen molar-refractivity contribution in [1.82, 2.24) is 30.3 Å². The second-order valence-corrected chi connectivity index (χ2v) is 6.21. The zero-order valence-corrected chi connectivity index (χ0v) is 14.1. The van der Waals surface area contributed by atoms with Gasteiger partial charge in [0.1, 0.15) is 0 Å². The molecule has 2 aromatic heterocycles. The lowest BCUT2D eigenvalue weighted by Crippen LogP contribution is -2.31. The van der Waals surface area contributed by atoms with Crippen LogP contribution < -0.4 is 11.1 Å². The van der Waals surface area contributed by atoms with Gasteiger partial charge in [-0.2, -0.15) is 10.2 Å². The minimum absolute atomic E-state index is 0.0917. The van der Waals surface area contributed by atoms with E-state index in [1.165, 1.54) is 12.4 Å². The molecule has 2 atom stereocenters. The fourth-order valence-electron chi connectivity index (χ4n) is 2.70. The molecule has 2 heterocycles. The summed E-state index contributed by atoms with van der Waals surface area (Å²) in [5.74, 6) is -0.692. The van der Waals surface area contributed by atoms with Crippen molar-refractivity contribution in [3.05, 3.63) is 59.1 Å². The highest BCUT2D eigenvalue weighted by molar-refractivity contribution is 6.31. The van der Waals surface area contributed by atoms with Gasteiger partial charge in [0.15, 0.2) is 22.3 Å². The molecular formula is C16H13ClFN7O. The molecule has 4 rings (SSSR count). The number of halogens is 2. The summed E-state index contributed by atoms with van der Waals surface area (Å²) in [4.78, 5) is 21.6. The number of aromatic nitrogens is 5. The summed E-state index contributed by atoms with van der Waals surface area (Å²) in [6.07, 6.45) is 3.05. The van der Waals surface area contributed by atoms with E-state index in [1.807, 2.05) is 0 Å². The molecule has 0 bridgehead atoms. The molecule has 1 aliphatic carbocycles. The number of alkyl halides is 1. The average molecular weight is 374 g/mol. The van der Waals surface area contributed by atoms with Crippen LogP contribution in [0.25, 0.3) is 5.82 Å². The number of carbonyl (C=O) groups is 1. The fraction of sp³-hybridized carbons (Fsp3) is 0.188. The van der Waals surface area contributed by atoms with Crippen LogP contribution in [0.4, 0.5) is 10.2 Å². The van der Waals surface area contributed by atoms with Crippen LogP contribution in [0.3, 0.4) is 0 Å². The van der Waals surface area contributed by atoms with Gasteiger partial charge in [-0.15, -0.1) is 4.80 Å². The molecular weight excluding hydrogens is 361 g/mol. The Morgan fingerprint density at radius 2 is 1.96 bits per heavy atom. The van der Waals surface area contributed by atoms with Crippen molar-refractivity contribution in [2.24, 2.45) is 0 Å². The monoisotopic (exact) mass is 373 g/mol. The zero-order chi connectivity index (χ0) is 18.3. The Hall–Kier alpha value is -3.07. The maximum Gasteiger partial charge on any atom is 0.274 e. The summed E-state index contributed by atoms with van der Waals surface area (Å²) in [5, 5.41) is 10.3. The Morgan fingerprint density at radius 3 is 2.65 bits per heavy atom. The Balaban J connectivity index is 1.54. The predicted molar refractivity (Wildman–Crippen MR) is 91.5 cm³/mol. The Kier molecular flexibility index (Phi) is 3.80. The van der Waals surface area contributed by atoms with Gasteiger partial charge in [-0.1, -0.05) is 41.9 Å². The van der Waals surface area contributed by atoms with Crippen molar-refractivity contribution in [3.63, 3.8) is 0 Å². The minimum atomic E-state index is -1.60. The summed E-state index contributed by atoms with van der Waals surface area (Å²) in [6, 6.07) is 8.01. The van der Waals surface area contributed by atoms with Gasteiger partial charge in [0.25, 0.3) is 5.91 Å². The molecule has 10 heteroatoms. The number of nitrogens with two attached hydrogens (primary N) is 1. The number of amides is 1. The van der Waals surface area contributed by atoms with E-state index in [0.717, 1.165) is 4.80 Å². The fourth-order valence-corrected chi connectivity index (χ4v) is 2.90. The lowest BCUT2D eigenvalue weighted by Gasteiger charge is -2.11. The van der Waals surface area contributed by atoms with Gasteiger partial charge < -0.3 is 11.1 Å². The maximum atomic E-state index is 14.9. The van der Waals surface area contributed by atoms with Gasteiger partial charge in [0.2, 0.25) is 5.82 Å². The number of nitrogens with one attached hydrogen (secondary N) is 1. The second kappa shape index (κ2) is 6.03. The summed E-state index contributed by atoms with van der Waals surface area (Å²) < 4.78 is 14.9. The molecule has 26 heavy (non-hydrogen) atoms. The molecule has 0 radical (unpaired) electrons. The number of hydrogen-bond acceptors (Lipinski definition) is 6. The van der Waals surface area contributed by atoms with Crippen LogP contribution in [-0.4, -0.2) is 36.9 Å². The molecule has 0 spiro atoms. The first kappa shape index (κ1) is 16.4. The Labute approximate surface area is 152 Å². The number of rotatable bonds is 4. The first-order chi connectivity index (χ1) is 12.5. The number of nitrogen functional groups attached to an aromatic ring is 1. The molecule has 0 aliphatic heterocycles. The summed E-state index contributed by atoms with van der Waals surface area (Å²) >= 11 is 6.06. The van der Waals surface area contributed by atoms with Crippen molar-refractivity contribution in [1.29, 1.82) is 0 Å². The first-order valence-corrected chi connectivity index (χ1v) is 8.12. The molecule has 1 aromatic carbocycles. The van der Waals surface area contributed by atoms with Crippen LogP contribution in [0.1, 0.15) is 22.5 Å². The predicted octanol–water partition coefficient (Wildman–Crippen LogP) is 1.66. The SMILES string of the molecule is Nc1nc(-n2nccn2)c(Cl)nc1C(=O)N[C@@H]1C[C@@]1(F)c1ccccc1. The van der Waals surface area contributed by atoms with Crippen LogP contribution in [0.5, 0.6) is 0 Å². The van der Waals surface area contributed by atoms with Gasteiger partial charge >= 0.3 is 0 Å². The molecule has 3 N–H and O–H groups in total. The number of nitrogens with zero attached hydrogens (tertiary/aromatic N) is 5. The smallest absolute Gasteiger partial charge is 0.274 e. The van der Waals surface area contributed by atoms with Crippen LogP contribution in [-0.2, 0) is 5.67 Å². The highest BCUT2D eigenvalue weighted by Gasteiger charge is 2.57. The minimum Gasteiger partial charge on any atom is -0.382 e. The van der Waals surface area contributed by atoms with Gasteiger partial charge in [-0.25, -0.2) is 14.4 Å². The van der Waals surface area contributed by atoms with Crippen molar-refractivity contribution < 1.29 is 9.18 Å².